The lowest BCUT2D eigenvalue weighted by Crippen LogP contribution is -2.46. The van der Waals surface area contributed by atoms with Gasteiger partial charge in [-0.1, -0.05) is 62.4 Å². The summed E-state index contributed by atoms with van der Waals surface area (Å²) < 4.78 is 17.4. The maximum atomic E-state index is 12.6. The second-order valence-corrected chi connectivity index (χ2v) is 6.92. The molecule has 2 rings (SSSR count). The minimum absolute atomic E-state index is 0.0212. The SMILES string of the molecule is CO[C@H]([C@H](OC(=O)c1ccccc1)C(C)C)[C@@H](CC=O)OCc1ccccc1. The molecule has 2 aromatic rings. The van der Waals surface area contributed by atoms with Crippen molar-refractivity contribution in [2.45, 2.75) is 45.2 Å². The van der Waals surface area contributed by atoms with Gasteiger partial charge in [-0.05, 0) is 23.6 Å². The van der Waals surface area contributed by atoms with Crippen LogP contribution in [0.4, 0.5) is 0 Å². The summed E-state index contributed by atoms with van der Waals surface area (Å²) in [5, 5.41) is 0. The molecular weight excluding hydrogens is 356 g/mol. The summed E-state index contributed by atoms with van der Waals surface area (Å²) in [4.78, 5) is 23.8. The molecule has 0 radical (unpaired) electrons. The summed E-state index contributed by atoms with van der Waals surface area (Å²) >= 11 is 0. The third-order valence-corrected chi connectivity index (χ3v) is 4.51. The molecule has 0 aromatic heterocycles. The smallest absolute Gasteiger partial charge is 0.338 e. The van der Waals surface area contributed by atoms with Crippen molar-refractivity contribution >= 4 is 12.3 Å². The number of hydrogen-bond donors (Lipinski definition) is 0. The van der Waals surface area contributed by atoms with Crippen LogP contribution in [-0.2, 0) is 25.6 Å². The predicted molar refractivity (Wildman–Crippen MR) is 107 cm³/mol. The molecule has 0 bridgehead atoms. The molecule has 0 unspecified atom stereocenters. The molecule has 150 valence electrons. The molecule has 0 fully saturated rings. The number of carbonyl (C=O) groups is 2. The van der Waals surface area contributed by atoms with Crippen molar-refractivity contribution in [2.75, 3.05) is 7.11 Å². The van der Waals surface area contributed by atoms with Gasteiger partial charge in [0.15, 0.2) is 0 Å². The molecule has 0 aliphatic carbocycles. The van der Waals surface area contributed by atoms with Gasteiger partial charge in [0, 0.05) is 13.5 Å². The van der Waals surface area contributed by atoms with Crippen LogP contribution in [0.1, 0.15) is 36.2 Å². The number of benzene rings is 2. The molecule has 0 aliphatic heterocycles. The van der Waals surface area contributed by atoms with E-state index in [-0.39, 0.29) is 12.3 Å². The van der Waals surface area contributed by atoms with Gasteiger partial charge in [-0.3, -0.25) is 0 Å². The van der Waals surface area contributed by atoms with Crippen molar-refractivity contribution in [3.05, 3.63) is 71.8 Å². The van der Waals surface area contributed by atoms with Gasteiger partial charge in [-0.25, -0.2) is 4.79 Å². The molecular formula is C23H28O5. The highest BCUT2D eigenvalue weighted by molar-refractivity contribution is 5.89. The number of rotatable bonds is 11. The topological polar surface area (TPSA) is 61.8 Å². The van der Waals surface area contributed by atoms with Crippen LogP contribution >= 0.6 is 0 Å². The van der Waals surface area contributed by atoms with Crippen LogP contribution in [0.2, 0.25) is 0 Å². The van der Waals surface area contributed by atoms with Crippen molar-refractivity contribution in [3.63, 3.8) is 0 Å². The Morgan fingerprint density at radius 2 is 1.57 bits per heavy atom. The molecule has 0 aliphatic rings. The average molecular weight is 384 g/mol. The fraction of sp³-hybridized carbons (Fsp3) is 0.391. The van der Waals surface area contributed by atoms with Crippen LogP contribution in [0, 0.1) is 5.92 Å². The van der Waals surface area contributed by atoms with E-state index in [1.807, 2.05) is 50.2 Å². The first kappa shape index (κ1) is 21.8. The second-order valence-electron chi connectivity index (χ2n) is 6.92. The van der Waals surface area contributed by atoms with Crippen molar-refractivity contribution < 1.29 is 23.8 Å². The molecule has 0 amide bonds. The lowest BCUT2D eigenvalue weighted by molar-refractivity contribution is -0.135. The summed E-state index contributed by atoms with van der Waals surface area (Å²) in [7, 11) is 1.54. The Morgan fingerprint density at radius 3 is 2.11 bits per heavy atom. The number of esters is 1. The van der Waals surface area contributed by atoms with Gasteiger partial charge < -0.3 is 19.0 Å². The Morgan fingerprint density at radius 1 is 0.964 bits per heavy atom. The van der Waals surface area contributed by atoms with E-state index in [2.05, 4.69) is 0 Å². The van der Waals surface area contributed by atoms with E-state index in [4.69, 9.17) is 14.2 Å². The number of aldehydes is 1. The van der Waals surface area contributed by atoms with E-state index >= 15 is 0 Å². The van der Waals surface area contributed by atoms with E-state index in [0.717, 1.165) is 11.8 Å². The molecule has 5 nitrogen and oxygen atoms in total. The van der Waals surface area contributed by atoms with Gasteiger partial charge in [0.25, 0.3) is 0 Å². The highest BCUT2D eigenvalue weighted by atomic mass is 16.6. The van der Waals surface area contributed by atoms with Gasteiger partial charge >= 0.3 is 5.97 Å². The third kappa shape index (κ3) is 6.29. The predicted octanol–water partition coefficient (Wildman–Crippen LogP) is 4.06. The normalized spacial score (nSPS) is 14.3. The minimum atomic E-state index is -0.568. The first-order valence-corrected chi connectivity index (χ1v) is 9.44. The zero-order valence-corrected chi connectivity index (χ0v) is 16.6. The van der Waals surface area contributed by atoms with E-state index < -0.39 is 24.3 Å². The maximum absolute atomic E-state index is 12.6. The standard InChI is InChI=1S/C23H28O5/c1-17(2)21(28-23(25)19-12-8-5-9-13-19)22(26-3)20(14-15-24)27-16-18-10-6-4-7-11-18/h4-13,15,17,20-22H,14,16H2,1-3H3/t20-,21-,22+/m1/s1. The number of hydrogen-bond acceptors (Lipinski definition) is 5. The maximum Gasteiger partial charge on any atom is 0.338 e. The van der Waals surface area contributed by atoms with Crippen molar-refractivity contribution in [2.24, 2.45) is 5.92 Å². The fourth-order valence-corrected chi connectivity index (χ4v) is 3.02. The Labute approximate surface area is 166 Å². The molecule has 0 saturated heterocycles. The monoisotopic (exact) mass is 384 g/mol. The molecule has 28 heavy (non-hydrogen) atoms. The highest BCUT2D eigenvalue weighted by Crippen LogP contribution is 2.22. The zero-order chi connectivity index (χ0) is 20.4. The van der Waals surface area contributed by atoms with E-state index in [9.17, 15) is 9.59 Å². The summed E-state index contributed by atoms with van der Waals surface area (Å²) in [6, 6.07) is 18.5. The summed E-state index contributed by atoms with van der Waals surface area (Å²) in [6.45, 7) is 4.24. The van der Waals surface area contributed by atoms with Crippen molar-refractivity contribution in [1.82, 2.24) is 0 Å². The van der Waals surface area contributed by atoms with E-state index in [1.54, 1.807) is 31.4 Å². The lowest BCUT2D eigenvalue weighted by Gasteiger charge is -2.33. The Balaban J connectivity index is 2.14. The van der Waals surface area contributed by atoms with Crippen LogP contribution in [0.3, 0.4) is 0 Å². The van der Waals surface area contributed by atoms with Gasteiger partial charge in [0.05, 0.1) is 18.3 Å². The fourth-order valence-electron chi connectivity index (χ4n) is 3.02. The van der Waals surface area contributed by atoms with E-state index in [1.165, 1.54) is 0 Å². The molecule has 0 saturated carbocycles. The number of methoxy groups -OCH3 is 1. The van der Waals surface area contributed by atoms with Gasteiger partial charge in [0.2, 0.25) is 0 Å². The van der Waals surface area contributed by atoms with Crippen LogP contribution in [-0.4, -0.2) is 37.7 Å². The van der Waals surface area contributed by atoms with Crippen LogP contribution < -0.4 is 0 Å². The Bertz CT molecular complexity index is 714. The van der Waals surface area contributed by atoms with Gasteiger partial charge in [-0.15, -0.1) is 0 Å². The van der Waals surface area contributed by atoms with Gasteiger partial charge in [-0.2, -0.15) is 0 Å². The zero-order valence-electron chi connectivity index (χ0n) is 16.6. The molecule has 0 heterocycles. The molecule has 5 heteroatoms. The first-order chi connectivity index (χ1) is 13.6. The highest BCUT2D eigenvalue weighted by Gasteiger charge is 2.35. The Kier molecular flexibility index (Phi) is 8.85. The second kappa shape index (κ2) is 11.4. The van der Waals surface area contributed by atoms with Crippen LogP contribution in [0.15, 0.2) is 60.7 Å². The molecule has 0 spiro atoms. The van der Waals surface area contributed by atoms with Crippen LogP contribution in [0.25, 0.3) is 0 Å². The van der Waals surface area contributed by atoms with Crippen molar-refractivity contribution in [3.8, 4) is 0 Å². The summed E-state index contributed by atoms with van der Waals surface area (Å²) in [5.74, 6) is -0.443. The summed E-state index contributed by atoms with van der Waals surface area (Å²) in [6.07, 6.45) is -0.700. The van der Waals surface area contributed by atoms with Crippen LogP contribution in [0.5, 0.6) is 0 Å². The van der Waals surface area contributed by atoms with Gasteiger partial charge in [0.1, 0.15) is 18.5 Å². The largest absolute Gasteiger partial charge is 0.456 e. The lowest BCUT2D eigenvalue weighted by atomic mass is 9.95. The van der Waals surface area contributed by atoms with E-state index in [0.29, 0.717) is 12.2 Å². The first-order valence-electron chi connectivity index (χ1n) is 9.44. The molecule has 3 atom stereocenters. The number of carbonyl (C=O) groups excluding carboxylic acids is 2. The summed E-state index contributed by atoms with van der Waals surface area (Å²) in [5.41, 5.74) is 1.47. The third-order valence-electron chi connectivity index (χ3n) is 4.51. The average Bonchev–Trinajstić information content (AvgIpc) is 2.72. The van der Waals surface area contributed by atoms with Crippen molar-refractivity contribution in [1.29, 1.82) is 0 Å². The quantitative estimate of drug-likeness (QED) is 0.432. The Hall–Kier alpha value is -2.50. The molecule has 2 aromatic carbocycles. The minimum Gasteiger partial charge on any atom is -0.456 e. The number of ether oxygens (including phenoxy) is 3. The molecule has 0 N–H and O–H groups in total.